The third kappa shape index (κ3) is 3.23. The highest BCUT2D eigenvalue weighted by molar-refractivity contribution is 5.26. The summed E-state index contributed by atoms with van der Waals surface area (Å²) < 4.78 is 15.0. The van der Waals surface area contributed by atoms with Gasteiger partial charge in [-0.15, -0.1) is 0 Å². The predicted molar refractivity (Wildman–Crippen MR) is 84.7 cm³/mol. The van der Waals surface area contributed by atoms with Crippen LogP contribution in [0.1, 0.15) is 23.0 Å². The Morgan fingerprint density at radius 3 is 2.45 bits per heavy atom. The first-order chi connectivity index (χ1) is 10.7. The molecular formula is C18H18FN3. The van der Waals surface area contributed by atoms with Crippen LogP contribution in [-0.2, 0) is 13.6 Å². The molecule has 0 bridgehead atoms. The molecule has 22 heavy (non-hydrogen) atoms. The van der Waals surface area contributed by atoms with Crippen molar-refractivity contribution in [3.8, 4) is 0 Å². The van der Waals surface area contributed by atoms with Crippen molar-refractivity contribution in [1.29, 1.82) is 0 Å². The zero-order chi connectivity index (χ0) is 15.4. The number of nitrogens with one attached hydrogen (secondary N) is 1. The van der Waals surface area contributed by atoms with Gasteiger partial charge in [0.05, 0.1) is 6.04 Å². The second-order valence-corrected chi connectivity index (χ2v) is 5.25. The van der Waals surface area contributed by atoms with Gasteiger partial charge in [0, 0.05) is 26.0 Å². The lowest BCUT2D eigenvalue weighted by Crippen LogP contribution is -2.24. The fourth-order valence-corrected chi connectivity index (χ4v) is 2.48. The zero-order valence-electron chi connectivity index (χ0n) is 12.4. The number of imidazole rings is 1. The van der Waals surface area contributed by atoms with Crippen molar-refractivity contribution in [2.75, 3.05) is 0 Å². The summed E-state index contributed by atoms with van der Waals surface area (Å²) in [6.45, 7) is 0.646. The van der Waals surface area contributed by atoms with Gasteiger partial charge in [-0.3, -0.25) is 5.32 Å². The molecule has 0 aliphatic carbocycles. The predicted octanol–water partition coefficient (Wildman–Crippen LogP) is 3.44. The van der Waals surface area contributed by atoms with Gasteiger partial charge >= 0.3 is 0 Å². The van der Waals surface area contributed by atoms with E-state index in [4.69, 9.17) is 0 Å². The number of aryl methyl sites for hydroxylation is 1. The Bertz CT molecular complexity index is 720. The summed E-state index contributed by atoms with van der Waals surface area (Å²) in [6.07, 6.45) is 3.73. The van der Waals surface area contributed by atoms with Crippen molar-refractivity contribution in [3.63, 3.8) is 0 Å². The molecule has 4 heteroatoms. The SMILES string of the molecule is Cn1ccnc1[C@H](NCc1ccc(F)cc1)c1ccccc1. The van der Waals surface area contributed by atoms with E-state index in [1.54, 1.807) is 18.3 Å². The van der Waals surface area contributed by atoms with Crippen molar-refractivity contribution >= 4 is 0 Å². The van der Waals surface area contributed by atoms with Crippen LogP contribution in [0.3, 0.4) is 0 Å². The summed E-state index contributed by atoms with van der Waals surface area (Å²) in [6, 6.07) is 16.7. The average Bonchev–Trinajstić information content (AvgIpc) is 2.97. The molecule has 1 aromatic heterocycles. The van der Waals surface area contributed by atoms with Gasteiger partial charge in [0.25, 0.3) is 0 Å². The van der Waals surface area contributed by atoms with Gasteiger partial charge in [0.1, 0.15) is 11.6 Å². The summed E-state index contributed by atoms with van der Waals surface area (Å²) in [5, 5.41) is 3.51. The summed E-state index contributed by atoms with van der Waals surface area (Å²) in [5.41, 5.74) is 2.19. The quantitative estimate of drug-likeness (QED) is 0.781. The number of aromatic nitrogens is 2. The van der Waals surface area contributed by atoms with Crippen molar-refractivity contribution in [3.05, 3.63) is 89.8 Å². The van der Waals surface area contributed by atoms with Gasteiger partial charge in [-0.2, -0.15) is 0 Å². The molecule has 3 rings (SSSR count). The molecule has 2 aromatic carbocycles. The Hall–Kier alpha value is -2.46. The Balaban J connectivity index is 1.83. The maximum Gasteiger partial charge on any atom is 0.130 e. The average molecular weight is 295 g/mol. The second-order valence-electron chi connectivity index (χ2n) is 5.25. The number of rotatable bonds is 5. The number of hydrogen-bond acceptors (Lipinski definition) is 2. The molecule has 1 atom stereocenters. The summed E-state index contributed by atoms with van der Waals surface area (Å²) in [7, 11) is 1.98. The van der Waals surface area contributed by atoms with Gasteiger partial charge in [-0.1, -0.05) is 42.5 Å². The van der Waals surface area contributed by atoms with E-state index in [9.17, 15) is 4.39 Å². The van der Waals surface area contributed by atoms with Crippen LogP contribution in [0.2, 0.25) is 0 Å². The topological polar surface area (TPSA) is 29.9 Å². The molecule has 1 N–H and O–H groups in total. The van der Waals surface area contributed by atoms with Gasteiger partial charge in [0.2, 0.25) is 0 Å². The third-order valence-corrected chi connectivity index (χ3v) is 3.67. The molecule has 0 aliphatic heterocycles. The summed E-state index contributed by atoms with van der Waals surface area (Å²) in [4.78, 5) is 4.46. The van der Waals surface area contributed by atoms with E-state index >= 15 is 0 Å². The van der Waals surface area contributed by atoms with Crippen LogP contribution in [-0.4, -0.2) is 9.55 Å². The largest absolute Gasteiger partial charge is 0.336 e. The first-order valence-corrected chi connectivity index (χ1v) is 7.24. The van der Waals surface area contributed by atoms with Crippen molar-refractivity contribution in [2.24, 2.45) is 7.05 Å². The van der Waals surface area contributed by atoms with Crippen molar-refractivity contribution in [2.45, 2.75) is 12.6 Å². The van der Waals surface area contributed by atoms with Gasteiger partial charge in [0.15, 0.2) is 0 Å². The molecular weight excluding hydrogens is 277 g/mol. The summed E-state index contributed by atoms with van der Waals surface area (Å²) in [5.74, 6) is 0.737. The van der Waals surface area contributed by atoms with Crippen LogP contribution in [0.4, 0.5) is 4.39 Å². The minimum Gasteiger partial charge on any atom is -0.336 e. The van der Waals surface area contributed by atoms with Crippen molar-refractivity contribution < 1.29 is 4.39 Å². The van der Waals surface area contributed by atoms with Crippen LogP contribution >= 0.6 is 0 Å². The maximum atomic E-state index is 13.0. The lowest BCUT2D eigenvalue weighted by molar-refractivity contribution is 0.557. The minimum absolute atomic E-state index is 0.00810. The summed E-state index contributed by atoms with van der Waals surface area (Å²) >= 11 is 0. The van der Waals surface area contributed by atoms with E-state index in [1.165, 1.54) is 12.1 Å². The van der Waals surface area contributed by atoms with Crippen LogP contribution in [0.5, 0.6) is 0 Å². The maximum absolute atomic E-state index is 13.0. The van der Waals surface area contributed by atoms with Crippen LogP contribution in [0.25, 0.3) is 0 Å². The Kier molecular flexibility index (Phi) is 4.30. The van der Waals surface area contributed by atoms with Crippen LogP contribution in [0.15, 0.2) is 67.0 Å². The Morgan fingerprint density at radius 1 is 1.09 bits per heavy atom. The molecule has 112 valence electrons. The van der Waals surface area contributed by atoms with E-state index in [2.05, 4.69) is 22.4 Å². The van der Waals surface area contributed by atoms with E-state index in [0.29, 0.717) is 6.54 Å². The number of nitrogens with zero attached hydrogens (tertiary/aromatic N) is 2. The lowest BCUT2D eigenvalue weighted by Gasteiger charge is -2.19. The molecule has 1 heterocycles. The normalized spacial score (nSPS) is 12.3. The fourth-order valence-electron chi connectivity index (χ4n) is 2.48. The van der Waals surface area contributed by atoms with Gasteiger partial charge < -0.3 is 4.57 Å². The Labute approximate surface area is 129 Å². The van der Waals surface area contributed by atoms with Crippen molar-refractivity contribution in [1.82, 2.24) is 14.9 Å². The molecule has 0 saturated carbocycles. The Morgan fingerprint density at radius 2 is 1.82 bits per heavy atom. The van der Waals surface area contributed by atoms with E-state index in [1.807, 2.05) is 36.0 Å². The van der Waals surface area contributed by atoms with Crippen LogP contribution < -0.4 is 5.32 Å². The standard InChI is InChI=1S/C18H18FN3/c1-22-12-11-20-18(22)17(15-5-3-2-4-6-15)21-13-14-7-9-16(19)10-8-14/h2-12,17,21H,13H2,1H3/t17-/m1/s1. The second kappa shape index (κ2) is 6.54. The molecule has 0 spiro atoms. The van der Waals surface area contributed by atoms with E-state index < -0.39 is 0 Å². The molecule has 0 unspecified atom stereocenters. The van der Waals surface area contributed by atoms with Gasteiger partial charge in [-0.05, 0) is 23.3 Å². The molecule has 3 aromatic rings. The monoisotopic (exact) mass is 295 g/mol. The highest BCUT2D eigenvalue weighted by Gasteiger charge is 2.17. The number of halogens is 1. The number of benzene rings is 2. The van der Waals surface area contributed by atoms with Gasteiger partial charge in [-0.25, -0.2) is 9.37 Å². The fraction of sp³-hybridized carbons (Fsp3) is 0.167. The molecule has 0 amide bonds. The van der Waals surface area contributed by atoms with Crippen LogP contribution in [0, 0.1) is 5.82 Å². The van der Waals surface area contributed by atoms with E-state index in [-0.39, 0.29) is 11.9 Å². The molecule has 0 radical (unpaired) electrons. The third-order valence-electron chi connectivity index (χ3n) is 3.67. The van der Waals surface area contributed by atoms with E-state index in [0.717, 1.165) is 17.0 Å². The lowest BCUT2D eigenvalue weighted by atomic mass is 10.1. The number of hydrogen-bond donors (Lipinski definition) is 1. The molecule has 3 nitrogen and oxygen atoms in total. The molecule has 0 fully saturated rings. The smallest absolute Gasteiger partial charge is 0.130 e. The first-order valence-electron chi connectivity index (χ1n) is 7.24. The highest BCUT2D eigenvalue weighted by atomic mass is 19.1. The molecule has 0 aliphatic rings. The highest BCUT2D eigenvalue weighted by Crippen LogP contribution is 2.20. The zero-order valence-corrected chi connectivity index (χ0v) is 12.4. The minimum atomic E-state index is -0.215. The molecule has 0 saturated heterocycles. The first kappa shape index (κ1) is 14.5.